The van der Waals surface area contributed by atoms with Crippen molar-refractivity contribution in [3.8, 4) is 11.1 Å². The maximum Gasteiger partial charge on any atom is 0.340 e. The lowest BCUT2D eigenvalue weighted by Crippen LogP contribution is -2.41. The fourth-order valence-electron chi connectivity index (χ4n) is 4.61. The molecule has 0 radical (unpaired) electrons. The summed E-state index contributed by atoms with van der Waals surface area (Å²) in [6.07, 6.45) is 2.26. The molecule has 5 rings (SSSR count). The number of amides is 1. The maximum absolute atomic E-state index is 13.4. The average molecular weight is 463 g/mol. The monoisotopic (exact) mass is 463 g/mol. The lowest BCUT2D eigenvalue weighted by Gasteiger charge is -2.30. The van der Waals surface area contributed by atoms with E-state index in [9.17, 15) is 18.8 Å². The first-order chi connectivity index (χ1) is 16.3. The van der Waals surface area contributed by atoms with Gasteiger partial charge in [0.05, 0.1) is 24.2 Å². The van der Waals surface area contributed by atoms with Gasteiger partial charge in [-0.3, -0.25) is 9.59 Å². The van der Waals surface area contributed by atoms with Crippen LogP contribution in [0.3, 0.4) is 0 Å². The Balaban J connectivity index is 1.49. The largest absolute Gasteiger partial charge is 0.481 e. The third kappa shape index (κ3) is 3.85. The third-order valence-corrected chi connectivity index (χ3v) is 6.66. The molecule has 34 heavy (non-hydrogen) atoms. The quantitative estimate of drug-likeness (QED) is 0.447. The predicted molar refractivity (Wildman–Crippen MR) is 123 cm³/mol. The normalized spacial score (nSPS) is 14.7. The van der Waals surface area contributed by atoms with Crippen LogP contribution in [0.1, 0.15) is 24.0 Å². The minimum atomic E-state index is -0.844. The van der Waals surface area contributed by atoms with Crippen LogP contribution >= 0.6 is 0 Å². The van der Waals surface area contributed by atoms with Gasteiger partial charge in [0.1, 0.15) is 17.0 Å². The van der Waals surface area contributed by atoms with Crippen molar-refractivity contribution >= 4 is 33.8 Å². The summed E-state index contributed by atoms with van der Waals surface area (Å²) < 4.78 is 24.6. The number of aliphatic carboxylic acids is 1. The van der Waals surface area contributed by atoms with Crippen LogP contribution in [0.25, 0.3) is 33.1 Å². The number of hydrogen-bond donors (Lipinski definition) is 1. The number of carboxylic acid groups (broad SMARTS) is 1. The number of piperidine rings is 1. The zero-order valence-corrected chi connectivity index (χ0v) is 18.5. The van der Waals surface area contributed by atoms with Crippen LogP contribution in [-0.2, 0) is 16.0 Å². The summed E-state index contributed by atoms with van der Waals surface area (Å²) in [5, 5.41) is 10.6. The Morgan fingerprint density at radius 1 is 1.09 bits per heavy atom. The van der Waals surface area contributed by atoms with Gasteiger partial charge in [-0.2, -0.15) is 0 Å². The fraction of sp³-hybridized carbons (Fsp3) is 0.269. The van der Waals surface area contributed by atoms with Crippen LogP contribution in [0.5, 0.6) is 0 Å². The second-order valence-electron chi connectivity index (χ2n) is 8.66. The van der Waals surface area contributed by atoms with Gasteiger partial charge in [-0.1, -0.05) is 12.1 Å². The van der Waals surface area contributed by atoms with Gasteiger partial charge in [-0.05, 0) is 49.1 Å². The molecule has 174 valence electrons. The van der Waals surface area contributed by atoms with Crippen LogP contribution in [-0.4, -0.2) is 35.0 Å². The van der Waals surface area contributed by atoms with Gasteiger partial charge < -0.3 is 18.8 Å². The molecule has 0 unspecified atom stereocenters. The third-order valence-electron chi connectivity index (χ3n) is 6.66. The Labute approximate surface area is 193 Å². The highest BCUT2D eigenvalue weighted by atomic mass is 19.1. The number of nitrogens with zero attached hydrogens (tertiary/aromatic N) is 1. The van der Waals surface area contributed by atoms with Crippen molar-refractivity contribution in [2.24, 2.45) is 5.92 Å². The van der Waals surface area contributed by atoms with E-state index in [2.05, 4.69) is 0 Å². The van der Waals surface area contributed by atoms with Crippen molar-refractivity contribution in [3.63, 3.8) is 0 Å². The van der Waals surface area contributed by atoms with Crippen molar-refractivity contribution in [2.75, 3.05) is 13.1 Å². The SMILES string of the molecule is Cc1c(CC(=O)N2CCC(C(=O)O)CC2)c(=O)oc2cc3occ(-c4ccc(F)cc4)c3cc12. The Morgan fingerprint density at radius 3 is 2.47 bits per heavy atom. The number of likely N-dealkylation sites (tertiary alicyclic amines) is 1. The molecule has 0 saturated carbocycles. The summed E-state index contributed by atoms with van der Waals surface area (Å²) in [7, 11) is 0. The predicted octanol–water partition coefficient (Wildman–Crippen LogP) is 4.52. The Hall–Kier alpha value is -3.94. The van der Waals surface area contributed by atoms with Crippen molar-refractivity contribution in [1.29, 1.82) is 0 Å². The molecule has 1 aliphatic heterocycles. The molecule has 8 heteroatoms. The standard InChI is InChI=1S/C26H22FNO6/c1-14-18-10-20-21(15-2-4-17(27)5-3-15)13-33-22(20)12-23(18)34-26(32)19(14)11-24(29)28-8-6-16(7-9-28)25(30)31/h2-5,10,12-13,16H,6-9,11H2,1H3,(H,30,31). The van der Waals surface area contributed by atoms with Gasteiger partial charge >= 0.3 is 11.6 Å². The first-order valence-electron chi connectivity index (χ1n) is 11.1. The number of fused-ring (bicyclic) bond motifs is 2. The zero-order chi connectivity index (χ0) is 24.0. The van der Waals surface area contributed by atoms with Crippen LogP contribution in [0.15, 0.2) is 56.3 Å². The highest BCUT2D eigenvalue weighted by Crippen LogP contribution is 2.34. The lowest BCUT2D eigenvalue weighted by atomic mass is 9.96. The molecule has 1 fully saturated rings. The Kier molecular flexibility index (Phi) is 5.43. The summed E-state index contributed by atoms with van der Waals surface area (Å²) in [5.41, 5.74) is 2.80. The summed E-state index contributed by atoms with van der Waals surface area (Å²) in [6, 6.07) is 9.59. The van der Waals surface area contributed by atoms with Crippen LogP contribution in [0, 0.1) is 18.7 Å². The van der Waals surface area contributed by atoms with Crippen molar-refractivity contribution in [1.82, 2.24) is 4.90 Å². The smallest absolute Gasteiger partial charge is 0.340 e. The van der Waals surface area contributed by atoms with E-state index in [4.69, 9.17) is 13.9 Å². The maximum atomic E-state index is 13.4. The number of carboxylic acids is 1. The Bertz CT molecular complexity index is 1480. The zero-order valence-electron chi connectivity index (χ0n) is 18.5. The van der Waals surface area contributed by atoms with Crippen LogP contribution < -0.4 is 5.63 Å². The van der Waals surface area contributed by atoms with Crippen molar-refractivity contribution in [3.05, 3.63) is 70.0 Å². The van der Waals surface area contributed by atoms with Gasteiger partial charge in [0, 0.05) is 35.5 Å². The molecule has 0 spiro atoms. The van der Waals surface area contributed by atoms with Gasteiger partial charge in [-0.15, -0.1) is 0 Å². The summed E-state index contributed by atoms with van der Waals surface area (Å²) in [4.78, 5) is 38.4. The second kappa shape index (κ2) is 8.44. The molecule has 2 aromatic carbocycles. The minimum absolute atomic E-state index is 0.115. The molecule has 1 aliphatic rings. The van der Waals surface area contributed by atoms with E-state index < -0.39 is 17.5 Å². The van der Waals surface area contributed by atoms with E-state index in [-0.39, 0.29) is 23.7 Å². The van der Waals surface area contributed by atoms with E-state index in [1.54, 1.807) is 36.3 Å². The van der Waals surface area contributed by atoms with Crippen LogP contribution in [0.2, 0.25) is 0 Å². The molecule has 4 aromatic rings. The second-order valence-corrected chi connectivity index (χ2v) is 8.66. The molecule has 1 N–H and O–H groups in total. The Morgan fingerprint density at radius 2 is 1.79 bits per heavy atom. The highest BCUT2D eigenvalue weighted by Gasteiger charge is 2.28. The number of halogens is 1. The molecular weight excluding hydrogens is 441 g/mol. The van der Waals surface area contributed by atoms with Crippen LogP contribution in [0.4, 0.5) is 4.39 Å². The molecule has 3 heterocycles. The number of benzene rings is 2. The topological polar surface area (TPSA) is 101 Å². The molecular formula is C26H22FNO6. The first kappa shape index (κ1) is 21.9. The number of hydrogen-bond acceptors (Lipinski definition) is 5. The van der Waals surface area contributed by atoms with E-state index in [0.717, 1.165) is 16.5 Å². The van der Waals surface area contributed by atoms with Gasteiger partial charge in [0.25, 0.3) is 0 Å². The molecule has 1 saturated heterocycles. The van der Waals surface area contributed by atoms with E-state index >= 15 is 0 Å². The summed E-state index contributed by atoms with van der Waals surface area (Å²) in [5.74, 6) is -1.84. The van der Waals surface area contributed by atoms with E-state index in [0.29, 0.717) is 48.0 Å². The molecule has 7 nitrogen and oxygen atoms in total. The summed E-state index contributed by atoms with van der Waals surface area (Å²) >= 11 is 0. The van der Waals surface area contributed by atoms with Crippen molar-refractivity contribution in [2.45, 2.75) is 26.2 Å². The fourth-order valence-corrected chi connectivity index (χ4v) is 4.61. The number of carbonyl (C=O) groups is 2. The molecule has 1 amide bonds. The van der Waals surface area contributed by atoms with Gasteiger partial charge in [0.15, 0.2) is 0 Å². The van der Waals surface area contributed by atoms with Gasteiger partial charge in [-0.25, -0.2) is 9.18 Å². The molecule has 0 aliphatic carbocycles. The lowest BCUT2D eigenvalue weighted by molar-refractivity contribution is -0.145. The first-order valence-corrected chi connectivity index (χ1v) is 11.1. The average Bonchev–Trinajstić information content (AvgIpc) is 3.24. The molecule has 0 bridgehead atoms. The minimum Gasteiger partial charge on any atom is -0.481 e. The summed E-state index contributed by atoms with van der Waals surface area (Å²) in [6.45, 7) is 2.48. The number of aryl methyl sites for hydroxylation is 1. The van der Waals surface area contributed by atoms with Gasteiger partial charge in [0.2, 0.25) is 5.91 Å². The van der Waals surface area contributed by atoms with E-state index in [1.807, 2.05) is 6.07 Å². The van der Waals surface area contributed by atoms with Crippen molar-refractivity contribution < 1.29 is 27.9 Å². The number of carbonyl (C=O) groups excluding carboxylic acids is 1. The molecule has 0 atom stereocenters. The number of furan rings is 1. The molecule has 2 aromatic heterocycles. The highest BCUT2D eigenvalue weighted by molar-refractivity contribution is 6.02. The van der Waals surface area contributed by atoms with E-state index in [1.165, 1.54) is 12.1 Å². The number of rotatable bonds is 4.